The van der Waals surface area contributed by atoms with Gasteiger partial charge in [0.05, 0.1) is 19.3 Å². The summed E-state index contributed by atoms with van der Waals surface area (Å²) in [5.74, 6) is -1.46. The SMILES string of the molecule is O=C(NCC(c1cnc(C(F)(F)F)nc1)N1CCOCC1)C1COc2ncccc21. The first kappa shape index (κ1) is 20.5. The van der Waals surface area contributed by atoms with Gasteiger partial charge in [-0.05, 0) is 6.07 Å². The molecule has 1 N–H and O–H groups in total. The smallest absolute Gasteiger partial charge is 0.451 e. The van der Waals surface area contributed by atoms with Crippen molar-refractivity contribution in [1.29, 1.82) is 0 Å². The lowest BCUT2D eigenvalue weighted by Gasteiger charge is -2.34. The molecule has 0 aliphatic carbocycles. The van der Waals surface area contributed by atoms with E-state index >= 15 is 0 Å². The Balaban J connectivity index is 1.49. The molecule has 30 heavy (non-hydrogen) atoms. The van der Waals surface area contributed by atoms with E-state index in [1.807, 2.05) is 4.90 Å². The summed E-state index contributed by atoms with van der Waals surface area (Å²) in [6.07, 6.45) is -0.677. The largest absolute Gasteiger partial charge is 0.476 e. The minimum absolute atomic E-state index is 0.194. The highest BCUT2D eigenvalue weighted by molar-refractivity contribution is 5.85. The van der Waals surface area contributed by atoms with Gasteiger partial charge in [0, 0.05) is 49.4 Å². The van der Waals surface area contributed by atoms with Gasteiger partial charge in [-0.15, -0.1) is 0 Å². The van der Waals surface area contributed by atoms with Crippen molar-refractivity contribution in [3.05, 3.63) is 47.7 Å². The van der Waals surface area contributed by atoms with Gasteiger partial charge >= 0.3 is 6.18 Å². The van der Waals surface area contributed by atoms with E-state index in [4.69, 9.17) is 9.47 Å². The van der Waals surface area contributed by atoms with Gasteiger partial charge in [-0.25, -0.2) is 15.0 Å². The van der Waals surface area contributed by atoms with Crippen molar-refractivity contribution in [2.24, 2.45) is 0 Å². The minimum atomic E-state index is -4.61. The summed E-state index contributed by atoms with van der Waals surface area (Å²) in [6.45, 7) is 2.56. The molecule has 2 aliphatic heterocycles. The van der Waals surface area contributed by atoms with Crippen LogP contribution in [0.1, 0.15) is 28.9 Å². The molecule has 0 aromatic carbocycles. The van der Waals surface area contributed by atoms with Crippen LogP contribution in [0.5, 0.6) is 5.88 Å². The highest BCUT2D eigenvalue weighted by Crippen LogP contribution is 2.32. The first-order chi connectivity index (χ1) is 14.4. The highest BCUT2D eigenvalue weighted by Gasteiger charge is 2.35. The van der Waals surface area contributed by atoms with Gasteiger partial charge in [0.25, 0.3) is 0 Å². The number of nitrogens with one attached hydrogen (secondary N) is 1. The number of hydrogen-bond acceptors (Lipinski definition) is 7. The lowest BCUT2D eigenvalue weighted by molar-refractivity contribution is -0.145. The van der Waals surface area contributed by atoms with Crippen molar-refractivity contribution in [2.45, 2.75) is 18.1 Å². The summed E-state index contributed by atoms with van der Waals surface area (Å²) in [5, 5.41) is 2.90. The molecule has 160 valence electrons. The van der Waals surface area contributed by atoms with Crippen LogP contribution in [-0.4, -0.2) is 65.2 Å². The molecule has 2 aliphatic rings. The van der Waals surface area contributed by atoms with E-state index in [9.17, 15) is 18.0 Å². The van der Waals surface area contributed by atoms with Crippen LogP contribution >= 0.6 is 0 Å². The fourth-order valence-corrected chi connectivity index (χ4v) is 3.58. The average Bonchev–Trinajstić information content (AvgIpc) is 3.18. The molecule has 2 aromatic rings. The Bertz CT molecular complexity index is 888. The van der Waals surface area contributed by atoms with Crippen molar-refractivity contribution in [1.82, 2.24) is 25.2 Å². The molecule has 2 aromatic heterocycles. The third-order valence-electron chi connectivity index (χ3n) is 5.15. The topological polar surface area (TPSA) is 89.5 Å². The third kappa shape index (κ3) is 4.36. The molecule has 4 heterocycles. The van der Waals surface area contributed by atoms with E-state index in [1.54, 1.807) is 18.3 Å². The zero-order valence-electron chi connectivity index (χ0n) is 15.9. The van der Waals surface area contributed by atoms with Crippen LogP contribution in [0.2, 0.25) is 0 Å². The Labute approximate surface area is 170 Å². The summed E-state index contributed by atoms with van der Waals surface area (Å²) in [6, 6.07) is 3.16. The van der Waals surface area contributed by atoms with Crippen LogP contribution in [0.3, 0.4) is 0 Å². The van der Waals surface area contributed by atoms with Gasteiger partial charge < -0.3 is 14.8 Å². The van der Waals surface area contributed by atoms with Crippen LogP contribution in [-0.2, 0) is 15.7 Å². The lowest BCUT2D eigenvalue weighted by Crippen LogP contribution is -2.44. The van der Waals surface area contributed by atoms with Crippen molar-refractivity contribution in [3.8, 4) is 5.88 Å². The van der Waals surface area contributed by atoms with Gasteiger partial charge in [-0.2, -0.15) is 13.2 Å². The van der Waals surface area contributed by atoms with E-state index < -0.39 is 17.9 Å². The van der Waals surface area contributed by atoms with Crippen LogP contribution in [0.15, 0.2) is 30.7 Å². The van der Waals surface area contributed by atoms with Crippen molar-refractivity contribution >= 4 is 5.91 Å². The first-order valence-electron chi connectivity index (χ1n) is 9.50. The fourth-order valence-electron chi connectivity index (χ4n) is 3.58. The summed E-state index contributed by atoms with van der Waals surface area (Å²) < 4.78 is 49.2. The second-order valence-corrected chi connectivity index (χ2v) is 7.01. The molecule has 2 unspecified atom stereocenters. The number of carbonyl (C=O) groups excluding carboxylic acids is 1. The molecule has 2 atom stereocenters. The maximum Gasteiger partial charge on any atom is 0.451 e. The third-order valence-corrected chi connectivity index (χ3v) is 5.15. The Morgan fingerprint density at radius 1 is 1.23 bits per heavy atom. The number of alkyl halides is 3. The van der Waals surface area contributed by atoms with Crippen LogP contribution < -0.4 is 10.1 Å². The lowest BCUT2D eigenvalue weighted by atomic mass is 10.0. The van der Waals surface area contributed by atoms with E-state index in [0.717, 1.165) is 5.56 Å². The number of morpholine rings is 1. The molecular formula is C19H20F3N5O3. The number of amides is 1. The molecule has 4 rings (SSSR count). The van der Waals surface area contributed by atoms with Crippen molar-refractivity contribution in [3.63, 3.8) is 0 Å². The zero-order chi connectivity index (χ0) is 21.1. The molecule has 8 nitrogen and oxygen atoms in total. The number of carbonyl (C=O) groups is 1. The normalized spacial score (nSPS) is 20.3. The van der Waals surface area contributed by atoms with Crippen LogP contribution in [0.25, 0.3) is 0 Å². The highest BCUT2D eigenvalue weighted by atomic mass is 19.4. The van der Waals surface area contributed by atoms with Gasteiger partial charge in [0.2, 0.25) is 17.6 Å². The maximum atomic E-state index is 12.8. The Kier molecular flexibility index (Phi) is 5.82. The Morgan fingerprint density at radius 2 is 1.97 bits per heavy atom. The van der Waals surface area contributed by atoms with E-state index in [2.05, 4.69) is 20.3 Å². The van der Waals surface area contributed by atoms with Gasteiger partial charge in [-0.1, -0.05) is 6.07 Å². The molecule has 1 fully saturated rings. The summed E-state index contributed by atoms with van der Waals surface area (Å²) >= 11 is 0. The number of hydrogen-bond donors (Lipinski definition) is 1. The molecular weight excluding hydrogens is 403 g/mol. The monoisotopic (exact) mass is 423 g/mol. The predicted molar refractivity (Wildman–Crippen MR) is 97.6 cm³/mol. The number of halogens is 3. The second kappa shape index (κ2) is 8.52. The van der Waals surface area contributed by atoms with E-state index in [0.29, 0.717) is 37.7 Å². The Morgan fingerprint density at radius 3 is 2.67 bits per heavy atom. The standard InChI is InChI=1S/C19H20F3N5O3/c20-19(21,22)18-25-8-12(9-26-18)15(27-4-6-29-7-5-27)10-24-16(28)14-11-30-17-13(14)2-1-3-23-17/h1-3,8-9,14-15H,4-7,10-11H2,(H,24,28). The Hall–Kier alpha value is -2.79. The molecule has 0 bridgehead atoms. The average molecular weight is 423 g/mol. The number of aromatic nitrogens is 3. The van der Waals surface area contributed by atoms with E-state index in [1.165, 1.54) is 12.4 Å². The number of fused-ring (bicyclic) bond motifs is 1. The summed E-state index contributed by atoms with van der Waals surface area (Å²) in [4.78, 5) is 25.8. The van der Waals surface area contributed by atoms with Crippen LogP contribution in [0, 0.1) is 0 Å². The maximum absolute atomic E-state index is 12.8. The van der Waals surface area contributed by atoms with Gasteiger partial charge in [-0.3, -0.25) is 9.69 Å². The molecule has 0 spiro atoms. The second-order valence-electron chi connectivity index (χ2n) is 7.01. The summed E-state index contributed by atoms with van der Waals surface area (Å²) in [5.41, 5.74) is 1.21. The predicted octanol–water partition coefficient (Wildman–Crippen LogP) is 1.56. The van der Waals surface area contributed by atoms with Crippen molar-refractivity contribution in [2.75, 3.05) is 39.5 Å². The van der Waals surface area contributed by atoms with Gasteiger partial charge in [0.1, 0.15) is 12.5 Å². The number of nitrogens with zero attached hydrogens (tertiary/aromatic N) is 4. The molecule has 0 radical (unpaired) electrons. The van der Waals surface area contributed by atoms with Crippen LogP contribution in [0.4, 0.5) is 13.2 Å². The van der Waals surface area contributed by atoms with Crippen molar-refractivity contribution < 1.29 is 27.4 Å². The number of ether oxygens (including phenoxy) is 2. The van der Waals surface area contributed by atoms with Gasteiger partial charge in [0.15, 0.2) is 0 Å². The van der Waals surface area contributed by atoms with E-state index in [-0.39, 0.29) is 25.1 Å². The number of rotatable bonds is 5. The minimum Gasteiger partial charge on any atom is -0.476 e. The quantitative estimate of drug-likeness (QED) is 0.781. The molecule has 0 saturated carbocycles. The number of pyridine rings is 1. The first-order valence-corrected chi connectivity index (χ1v) is 9.50. The fraction of sp³-hybridized carbons (Fsp3) is 0.474. The summed E-state index contributed by atoms with van der Waals surface area (Å²) in [7, 11) is 0. The zero-order valence-corrected chi connectivity index (χ0v) is 15.9. The molecule has 11 heteroatoms. The molecule has 1 amide bonds. The molecule has 1 saturated heterocycles.